The number of rotatable bonds is 4. The van der Waals surface area contributed by atoms with Gasteiger partial charge < -0.3 is 9.80 Å². The van der Waals surface area contributed by atoms with E-state index in [0.29, 0.717) is 48.7 Å². The molecule has 28 heavy (non-hydrogen) atoms. The number of nitro groups is 1. The largest absolute Gasteiger partial charge is 0.363 e. The third-order valence-electron chi connectivity index (χ3n) is 5.87. The topological polar surface area (TPSA) is 69.9 Å². The molecule has 154 valence electrons. The van der Waals surface area contributed by atoms with Gasteiger partial charge >= 0.3 is 0 Å². The van der Waals surface area contributed by atoms with Gasteiger partial charge in [-0.05, 0) is 37.3 Å². The van der Waals surface area contributed by atoms with Gasteiger partial charge in [-0.15, -0.1) is 0 Å². The molecule has 1 aromatic carbocycles. The Balaban J connectivity index is 1.62. The zero-order valence-electron chi connectivity index (χ0n) is 16.8. The molecule has 0 aliphatic carbocycles. The summed E-state index contributed by atoms with van der Waals surface area (Å²) in [6.07, 6.45) is 1.18. The molecule has 3 rings (SSSR count). The summed E-state index contributed by atoms with van der Waals surface area (Å²) in [5.41, 5.74) is 0.619. The summed E-state index contributed by atoms with van der Waals surface area (Å²) in [7, 11) is 0. The number of halogens is 1. The van der Waals surface area contributed by atoms with E-state index in [9.17, 15) is 14.9 Å². The molecule has 3 unspecified atom stereocenters. The van der Waals surface area contributed by atoms with E-state index in [-0.39, 0.29) is 17.6 Å². The van der Waals surface area contributed by atoms with Crippen molar-refractivity contribution in [3.05, 3.63) is 33.3 Å². The van der Waals surface area contributed by atoms with E-state index in [1.807, 2.05) is 16.7 Å². The Bertz CT molecular complexity index is 726. The maximum absolute atomic E-state index is 13.0. The fourth-order valence-electron chi connectivity index (χ4n) is 4.52. The maximum Gasteiger partial charge on any atom is 0.294 e. The fourth-order valence-corrected chi connectivity index (χ4v) is 4.69. The number of benzene rings is 1. The molecule has 0 aromatic heterocycles. The molecule has 0 radical (unpaired) electrons. The summed E-state index contributed by atoms with van der Waals surface area (Å²) < 4.78 is 0. The zero-order valence-corrected chi connectivity index (χ0v) is 17.6. The predicted molar refractivity (Wildman–Crippen MR) is 111 cm³/mol. The number of anilines is 1. The van der Waals surface area contributed by atoms with Gasteiger partial charge in [-0.1, -0.05) is 25.4 Å². The highest BCUT2D eigenvalue weighted by Gasteiger charge is 2.33. The van der Waals surface area contributed by atoms with E-state index in [0.717, 1.165) is 13.1 Å². The average Bonchev–Trinajstić information content (AvgIpc) is 2.66. The lowest BCUT2D eigenvalue weighted by Gasteiger charge is -2.41. The van der Waals surface area contributed by atoms with Crippen molar-refractivity contribution in [2.45, 2.75) is 33.2 Å². The highest BCUT2D eigenvalue weighted by molar-refractivity contribution is 6.30. The minimum absolute atomic E-state index is 0.0290. The van der Waals surface area contributed by atoms with Crippen LogP contribution in [-0.4, -0.2) is 65.9 Å². The molecular formula is C20H29ClN4O3. The number of amides is 1. The second-order valence-electron chi connectivity index (χ2n) is 8.28. The first-order valence-electron chi connectivity index (χ1n) is 9.98. The number of nitrogens with zero attached hydrogens (tertiary/aromatic N) is 4. The Labute approximate surface area is 171 Å². The van der Waals surface area contributed by atoms with Crippen molar-refractivity contribution in [1.82, 2.24) is 9.80 Å². The van der Waals surface area contributed by atoms with Crippen molar-refractivity contribution in [3.8, 4) is 0 Å². The van der Waals surface area contributed by atoms with Crippen LogP contribution >= 0.6 is 11.6 Å². The summed E-state index contributed by atoms with van der Waals surface area (Å²) in [4.78, 5) is 30.2. The van der Waals surface area contributed by atoms with Crippen LogP contribution in [0.3, 0.4) is 0 Å². The summed E-state index contributed by atoms with van der Waals surface area (Å²) in [6, 6.07) is 4.62. The molecule has 1 amide bonds. The average molecular weight is 409 g/mol. The lowest BCUT2D eigenvalue weighted by atomic mass is 9.91. The van der Waals surface area contributed by atoms with Gasteiger partial charge in [0.15, 0.2) is 0 Å². The van der Waals surface area contributed by atoms with Gasteiger partial charge in [0.05, 0.1) is 11.0 Å². The summed E-state index contributed by atoms with van der Waals surface area (Å²) in [6.45, 7) is 10.8. The van der Waals surface area contributed by atoms with E-state index in [2.05, 4.69) is 18.7 Å². The number of carbonyl (C=O) groups is 1. The lowest BCUT2D eigenvalue weighted by Crippen LogP contribution is -2.56. The predicted octanol–water partition coefficient (Wildman–Crippen LogP) is 3.26. The van der Waals surface area contributed by atoms with Gasteiger partial charge in [-0.3, -0.25) is 19.8 Å². The summed E-state index contributed by atoms with van der Waals surface area (Å²) in [5, 5.41) is 11.7. The van der Waals surface area contributed by atoms with Crippen molar-refractivity contribution in [2.24, 2.45) is 11.8 Å². The number of nitro benzene ring substituents is 1. The molecule has 2 aliphatic rings. The molecule has 0 spiro atoms. The van der Waals surface area contributed by atoms with Gasteiger partial charge in [-0.25, -0.2) is 0 Å². The quantitative estimate of drug-likeness (QED) is 0.565. The van der Waals surface area contributed by atoms with Crippen LogP contribution < -0.4 is 4.90 Å². The molecule has 3 atom stereocenters. The molecule has 8 heteroatoms. The number of piperazine rings is 1. The Morgan fingerprint density at radius 1 is 1.18 bits per heavy atom. The smallest absolute Gasteiger partial charge is 0.294 e. The van der Waals surface area contributed by atoms with Crippen molar-refractivity contribution in [3.63, 3.8) is 0 Å². The second kappa shape index (κ2) is 8.66. The minimum Gasteiger partial charge on any atom is -0.363 e. The Hall–Kier alpha value is -1.86. The fraction of sp³-hybridized carbons (Fsp3) is 0.650. The van der Waals surface area contributed by atoms with Crippen LogP contribution in [0.1, 0.15) is 27.2 Å². The molecule has 0 saturated carbocycles. The monoisotopic (exact) mass is 408 g/mol. The van der Waals surface area contributed by atoms with Crippen LogP contribution in [0, 0.1) is 22.0 Å². The summed E-state index contributed by atoms with van der Waals surface area (Å²) in [5.74, 6) is 1.29. The first-order chi connectivity index (χ1) is 13.3. The molecule has 2 aliphatic heterocycles. The molecule has 2 fully saturated rings. The van der Waals surface area contributed by atoms with Gasteiger partial charge in [-0.2, -0.15) is 0 Å². The normalized spacial score (nSPS) is 24.9. The SMILES string of the molecule is CC1CC(C)CN(C(=O)C(C)N2CCN(c3ccc(Cl)cc3[N+](=O)[O-])CC2)C1. The van der Waals surface area contributed by atoms with Gasteiger partial charge in [0.25, 0.3) is 5.69 Å². The van der Waals surface area contributed by atoms with Gasteiger partial charge in [0.2, 0.25) is 5.91 Å². The molecular weight excluding hydrogens is 380 g/mol. The van der Waals surface area contributed by atoms with E-state index in [1.165, 1.54) is 12.5 Å². The van der Waals surface area contributed by atoms with Gasteiger partial charge in [0, 0.05) is 50.4 Å². The number of hydrogen-bond donors (Lipinski definition) is 0. The summed E-state index contributed by atoms with van der Waals surface area (Å²) >= 11 is 5.92. The first kappa shape index (κ1) is 20.9. The Morgan fingerprint density at radius 3 is 2.36 bits per heavy atom. The minimum atomic E-state index is -0.390. The molecule has 0 bridgehead atoms. The number of likely N-dealkylation sites (tertiary alicyclic amines) is 1. The second-order valence-corrected chi connectivity index (χ2v) is 8.71. The van der Waals surface area contributed by atoms with E-state index in [1.54, 1.807) is 12.1 Å². The van der Waals surface area contributed by atoms with E-state index >= 15 is 0 Å². The highest BCUT2D eigenvalue weighted by atomic mass is 35.5. The number of piperidine rings is 1. The van der Waals surface area contributed by atoms with Crippen LogP contribution in [0.2, 0.25) is 5.02 Å². The molecule has 7 nitrogen and oxygen atoms in total. The van der Waals surface area contributed by atoms with E-state index in [4.69, 9.17) is 11.6 Å². The Morgan fingerprint density at radius 2 is 1.79 bits per heavy atom. The number of carbonyl (C=O) groups excluding carboxylic acids is 1. The lowest BCUT2D eigenvalue weighted by molar-refractivity contribution is -0.384. The molecule has 1 aromatic rings. The van der Waals surface area contributed by atoms with Crippen molar-refractivity contribution >= 4 is 28.9 Å². The van der Waals surface area contributed by atoms with Crippen LogP contribution in [0.5, 0.6) is 0 Å². The molecule has 2 saturated heterocycles. The van der Waals surface area contributed by atoms with Crippen LogP contribution in [0.25, 0.3) is 0 Å². The first-order valence-corrected chi connectivity index (χ1v) is 10.4. The maximum atomic E-state index is 13.0. The third-order valence-corrected chi connectivity index (χ3v) is 6.11. The third kappa shape index (κ3) is 4.58. The zero-order chi connectivity index (χ0) is 20.4. The highest BCUT2D eigenvalue weighted by Crippen LogP contribution is 2.32. The van der Waals surface area contributed by atoms with Gasteiger partial charge in [0.1, 0.15) is 5.69 Å². The van der Waals surface area contributed by atoms with Crippen LogP contribution in [0.4, 0.5) is 11.4 Å². The molecule has 0 N–H and O–H groups in total. The number of hydrogen-bond acceptors (Lipinski definition) is 5. The standard InChI is InChI=1S/C20H29ClN4O3/c1-14-10-15(2)13-24(12-14)20(26)16(3)22-6-8-23(9-7-22)18-5-4-17(21)11-19(18)25(27)28/h4-5,11,14-16H,6-10,12-13H2,1-3H3. The van der Waals surface area contributed by atoms with Crippen LogP contribution in [0.15, 0.2) is 18.2 Å². The van der Waals surface area contributed by atoms with E-state index < -0.39 is 4.92 Å². The Kier molecular flexibility index (Phi) is 6.45. The van der Waals surface area contributed by atoms with Crippen molar-refractivity contribution in [2.75, 3.05) is 44.2 Å². The van der Waals surface area contributed by atoms with Crippen molar-refractivity contribution in [1.29, 1.82) is 0 Å². The van der Waals surface area contributed by atoms with Crippen LogP contribution in [-0.2, 0) is 4.79 Å². The molecule has 2 heterocycles. The van der Waals surface area contributed by atoms with Crippen molar-refractivity contribution < 1.29 is 9.72 Å².